The molecule has 0 fully saturated rings. The van der Waals surface area contributed by atoms with Crippen LogP contribution in [0.1, 0.15) is 38.3 Å². The molecule has 1 aromatic rings. The van der Waals surface area contributed by atoms with Crippen molar-refractivity contribution < 1.29 is 0 Å². The molecule has 92 valence electrons. The average molecular weight is 251 g/mol. The Morgan fingerprint density at radius 2 is 1.82 bits per heavy atom. The zero-order chi connectivity index (χ0) is 12.7. The molecule has 2 nitrogen and oxygen atoms in total. The van der Waals surface area contributed by atoms with Gasteiger partial charge in [0, 0.05) is 10.6 Å². The van der Waals surface area contributed by atoms with Crippen LogP contribution in [0.15, 0.2) is 24.3 Å². The van der Waals surface area contributed by atoms with Gasteiger partial charge in [-0.25, -0.2) is 0 Å². The van der Waals surface area contributed by atoms with Gasteiger partial charge in [-0.1, -0.05) is 43.6 Å². The molecule has 0 heterocycles. The number of halogens is 1. The van der Waals surface area contributed by atoms with Crippen molar-refractivity contribution in [2.75, 3.05) is 13.1 Å². The molecular weight excluding hydrogens is 232 g/mol. The summed E-state index contributed by atoms with van der Waals surface area (Å²) < 4.78 is 0. The van der Waals surface area contributed by atoms with Gasteiger partial charge in [-0.05, 0) is 32.0 Å². The number of hydrogen-bond donors (Lipinski definition) is 0. The predicted octanol–water partition coefficient (Wildman–Crippen LogP) is 4.03. The first-order chi connectivity index (χ1) is 8.24. The lowest BCUT2D eigenvalue weighted by Crippen LogP contribution is -2.29. The normalized spacial score (nSPS) is 12.4. The van der Waals surface area contributed by atoms with Crippen molar-refractivity contribution in [3.05, 3.63) is 34.9 Å². The monoisotopic (exact) mass is 250 g/mol. The summed E-state index contributed by atoms with van der Waals surface area (Å²) in [5.74, 6) is 0. The standard InChI is InChI=1S/C14H19ClN2/c1-3-9-17(10-4-2)14(11-16)12-7-5-6-8-13(12)15/h5-8,14H,3-4,9-10H2,1-2H3. The SMILES string of the molecule is CCCN(CCC)C(C#N)c1ccccc1Cl. The lowest BCUT2D eigenvalue weighted by Gasteiger charge is -2.27. The lowest BCUT2D eigenvalue weighted by atomic mass is 10.1. The minimum atomic E-state index is -0.233. The van der Waals surface area contributed by atoms with Crippen LogP contribution < -0.4 is 0 Å². The predicted molar refractivity (Wildman–Crippen MR) is 72.0 cm³/mol. The Hall–Kier alpha value is -1.04. The third-order valence-electron chi connectivity index (χ3n) is 2.71. The number of rotatable bonds is 6. The first-order valence-corrected chi connectivity index (χ1v) is 6.50. The molecule has 0 saturated carbocycles. The van der Waals surface area contributed by atoms with Crippen LogP contribution in [0.5, 0.6) is 0 Å². The Morgan fingerprint density at radius 3 is 2.29 bits per heavy atom. The first kappa shape index (κ1) is 14.0. The number of hydrogen-bond acceptors (Lipinski definition) is 2. The van der Waals surface area contributed by atoms with E-state index in [1.54, 1.807) is 0 Å². The van der Waals surface area contributed by atoms with E-state index in [9.17, 15) is 5.26 Å². The summed E-state index contributed by atoms with van der Waals surface area (Å²) >= 11 is 6.16. The molecule has 0 amide bonds. The smallest absolute Gasteiger partial charge is 0.125 e. The maximum Gasteiger partial charge on any atom is 0.125 e. The van der Waals surface area contributed by atoms with Crippen LogP contribution in [-0.4, -0.2) is 18.0 Å². The van der Waals surface area contributed by atoms with Crippen molar-refractivity contribution in [3.8, 4) is 6.07 Å². The van der Waals surface area contributed by atoms with E-state index in [0.29, 0.717) is 5.02 Å². The topological polar surface area (TPSA) is 27.0 Å². The van der Waals surface area contributed by atoms with Gasteiger partial charge in [0.2, 0.25) is 0 Å². The van der Waals surface area contributed by atoms with Crippen LogP contribution in [0, 0.1) is 11.3 Å². The van der Waals surface area contributed by atoms with E-state index < -0.39 is 0 Å². The van der Waals surface area contributed by atoms with Gasteiger partial charge < -0.3 is 0 Å². The second-order valence-corrected chi connectivity index (χ2v) is 4.50. The third kappa shape index (κ3) is 3.73. The molecule has 0 aliphatic rings. The van der Waals surface area contributed by atoms with Crippen molar-refractivity contribution in [1.82, 2.24) is 4.90 Å². The molecule has 0 N–H and O–H groups in total. The number of nitrogens with zero attached hydrogens (tertiary/aromatic N) is 2. The quantitative estimate of drug-likeness (QED) is 0.762. The molecule has 0 spiro atoms. The summed E-state index contributed by atoms with van der Waals surface area (Å²) in [5.41, 5.74) is 0.915. The molecule has 0 aliphatic heterocycles. The van der Waals surface area contributed by atoms with E-state index in [0.717, 1.165) is 31.5 Å². The average Bonchev–Trinajstić information content (AvgIpc) is 2.33. The molecule has 3 heteroatoms. The molecular formula is C14H19ClN2. The molecule has 17 heavy (non-hydrogen) atoms. The van der Waals surface area contributed by atoms with E-state index >= 15 is 0 Å². The minimum absolute atomic E-state index is 0.233. The Labute approximate surface area is 109 Å². The van der Waals surface area contributed by atoms with Gasteiger partial charge in [0.1, 0.15) is 6.04 Å². The molecule has 0 aliphatic carbocycles. The maximum absolute atomic E-state index is 9.38. The van der Waals surface area contributed by atoms with Gasteiger partial charge in [-0.3, -0.25) is 4.90 Å². The zero-order valence-electron chi connectivity index (χ0n) is 10.5. The minimum Gasteiger partial charge on any atom is -0.284 e. The van der Waals surface area contributed by atoms with Gasteiger partial charge in [0.15, 0.2) is 0 Å². The Balaban J connectivity index is 2.97. The van der Waals surface area contributed by atoms with E-state index in [1.165, 1.54) is 0 Å². The van der Waals surface area contributed by atoms with Crippen molar-refractivity contribution in [1.29, 1.82) is 5.26 Å². The highest BCUT2D eigenvalue weighted by atomic mass is 35.5. The Morgan fingerprint density at radius 1 is 1.24 bits per heavy atom. The number of nitriles is 1. The van der Waals surface area contributed by atoms with Crippen molar-refractivity contribution in [2.45, 2.75) is 32.7 Å². The highest BCUT2D eigenvalue weighted by Gasteiger charge is 2.20. The molecule has 1 aromatic carbocycles. The molecule has 1 unspecified atom stereocenters. The largest absolute Gasteiger partial charge is 0.284 e. The summed E-state index contributed by atoms with van der Waals surface area (Å²) in [4.78, 5) is 2.20. The Kier molecular flexibility index (Phi) is 6.04. The van der Waals surface area contributed by atoms with E-state index in [-0.39, 0.29) is 6.04 Å². The fourth-order valence-electron chi connectivity index (χ4n) is 1.99. The third-order valence-corrected chi connectivity index (χ3v) is 3.05. The van der Waals surface area contributed by atoms with Crippen molar-refractivity contribution in [3.63, 3.8) is 0 Å². The second-order valence-electron chi connectivity index (χ2n) is 4.09. The van der Waals surface area contributed by atoms with Crippen LogP contribution in [0.2, 0.25) is 5.02 Å². The fourth-order valence-corrected chi connectivity index (χ4v) is 2.23. The molecule has 1 rings (SSSR count). The van der Waals surface area contributed by atoms with Crippen LogP contribution in [-0.2, 0) is 0 Å². The second kappa shape index (κ2) is 7.32. The maximum atomic E-state index is 9.38. The lowest BCUT2D eigenvalue weighted by molar-refractivity contribution is 0.236. The summed E-state index contributed by atoms with van der Waals surface area (Å²) in [6.07, 6.45) is 2.09. The summed E-state index contributed by atoms with van der Waals surface area (Å²) in [7, 11) is 0. The fraction of sp³-hybridized carbons (Fsp3) is 0.500. The Bertz CT molecular complexity index is 378. The van der Waals surface area contributed by atoms with E-state index in [4.69, 9.17) is 11.6 Å². The molecule has 1 atom stereocenters. The van der Waals surface area contributed by atoms with Gasteiger partial charge in [-0.15, -0.1) is 0 Å². The van der Waals surface area contributed by atoms with Gasteiger partial charge in [0.25, 0.3) is 0 Å². The van der Waals surface area contributed by atoms with Crippen LogP contribution in [0.3, 0.4) is 0 Å². The highest BCUT2D eigenvalue weighted by molar-refractivity contribution is 6.31. The summed E-state index contributed by atoms with van der Waals surface area (Å²) in [5, 5.41) is 10.1. The summed E-state index contributed by atoms with van der Waals surface area (Å²) in [6, 6.07) is 9.75. The summed E-state index contributed by atoms with van der Waals surface area (Å²) in [6.45, 7) is 6.11. The number of benzene rings is 1. The first-order valence-electron chi connectivity index (χ1n) is 6.12. The molecule has 0 saturated heterocycles. The van der Waals surface area contributed by atoms with Gasteiger partial charge in [-0.2, -0.15) is 5.26 Å². The highest BCUT2D eigenvalue weighted by Crippen LogP contribution is 2.27. The van der Waals surface area contributed by atoms with Gasteiger partial charge in [0.05, 0.1) is 6.07 Å². The molecule has 0 radical (unpaired) electrons. The van der Waals surface area contributed by atoms with E-state index in [1.807, 2.05) is 24.3 Å². The van der Waals surface area contributed by atoms with Crippen molar-refractivity contribution in [2.24, 2.45) is 0 Å². The van der Waals surface area contributed by atoms with Crippen LogP contribution >= 0.6 is 11.6 Å². The molecule has 0 aromatic heterocycles. The van der Waals surface area contributed by atoms with E-state index in [2.05, 4.69) is 24.8 Å². The van der Waals surface area contributed by atoms with Crippen molar-refractivity contribution >= 4 is 11.6 Å². The van der Waals surface area contributed by atoms with Crippen LogP contribution in [0.25, 0.3) is 0 Å². The van der Waals surface area contributed by atoms with Crippen LogP contribution in [0.4, 0.5) is 0 Å². The zero-order valence-corrected chi connectivity index (χ0v) is 11.2. The molecule has 0 bridgehead atoms. The van der Waals surface area contributed by atoms with Gasteiger partial charge >= 0.3 is 0 Å².